The first kappa shape index (κ1) is 22.4. The third-order valence-corrected chi connectivity index (χ3v) is 6.55. The Balaban J connectivity index is 1.41. The van der Waals surface area contributed by atoms with Crippen molar-refractivity contribution in [2.24, 2.45) is 0 Å². The van der Waals surface area contributed by atoms with Crippen LogP contribution in [0.5, 0.6) is 0 Å². The summed E-state index contributed by atoms with van der Waals surface area (Å²) in [6.45, 7) is 8.14. The molecule has 2 heterocycles. The largest absolute Gasteiger partial charge is 0.344 e. The molecule has 174 valence electrons. The molecule has 0 aliphatic heterocycles. The summed E-state index contributed by atoms with van der Waals surface area (Å²) < 4.78 is 9.08. The summed E-state index contributed by atoms with van der Waals surface area (Å²) in [5.74, 6) is 0. The van der Waals surface area contributed by atoms with Crippen LogP contribution in [0.3, 0.4) is 0 Å². The van der Waals surface area contributed by atoms with Crippen LogP contribution in [-0.2, 0) is 26.2 Å². The molecule has 4 nitrogen and oxygen atoms in total. The highest BCUT2D eigenvalue weighted by molar-refractivity contribution is 5.72. The Kier molecular flexibility index (Phi) is 6.75. The second-order valence-corrected chi connectivity index (χ2v) is 9.18. The van der Waals surface area contributed by atoms with E-state index in [2.05, 4.69) is 118 Å². The van der Waals surface area contributed by atoms with Gasteiger partial charge in [-0.05, 0) is 30.0 Å². The Morgan fingerprint density at radius 3 is 2.09 bits per heavy atom. The number of imidazole rings is 2. The lowest BCUT2D eigenvalue weighted by atomic mass is 10.1. The van der Waals surface area contributed by atoms with Gasteiger partial charge in [-0.1, -0.05) is 93.4 Å². The fourth-order valence-corrected chi connectivity index (χ4v) is 4.75. The second-order valence-electron chi connectivity index (χ2n) is 9.18. The van der Waals surface area contributed by atoms with Gasteiger partial charge in [0.1, 0.15) is 0 Å². The number of fused-ring (bicyclic) bond motifs is 2. The fraction of sp³-hybridized carbons (Fsp3) is 0.333. The van der Waals surface area contributed by atoms with E-state index in [0.717, 1.165) is 26.2 Å². The van der Waals surface area contributed by atoms with Gasteiger partial charge in [-0.15, -0.1) is 0 Å². The first-order valence-corrected chi connectivity index (χ1v) is 12.7. The van der Waals surface area contributed by atoms with Gasteiger partial charge in [0.15, 0.2) is 0 Å². The maximum absolute atomic E-state index is 3.61. The molecular formula is C30H34N4. The molecule has 3 aromatic carbocycles. The monoisotopic (exact) mass is 450 g/mol. The fourth-order valence-electron chi connectivity index (χ4n) is 4.75. The van der Waals surface area contributed by atoms with Crippen LogP contribution in [0.25, 0.3) is 22.1 Å². The number of aromatic nitrogens is 4. The maximum atomic E-state index is 3.61. The smallest absolute Gasteiger partial charge is 0.205 e. The van der Waals surface area contributed by atoms with Gasteiger partial charge in [0.2, 0.25) is 12.7 Å². The first-order chi connectivity index (χ1) is 16.8. The SMILES string of the molecule is CCCCn1[c-][n+](Cc2cccc(Cn3[c-][n+](CCCC)c4ccccc43)c2)c2ccccc21. The lowest BCUT2D eigenvalue weighted by molar-refractivity contribution is -0.676. The third-order valence-electron chi connectivity index (χ3n) is 6.55. The molecule has 0 bridgehead atoms. The Bertz CT molecular complexity index is 1290. The van der Waals surface area contributed by atoms with Crippen LogP contribution >= 0.6 is 0 Å². The van der Waals surface area contributed by atoms with Crippen LogP contribution < -0.4 is 9.13 Å². The van der Waals surface area contributed by atoms with Crippen molar-refractivity contribution >= 4 is 22.1 Å². The molecule has 0 saturated heterocycles. The zero-order valence-electron chi connectivity index (χ0n) is 20.4. The molecule has 34 heavy (non-hydrogen) atoms. The number of nitrogens with zero attached hydrogens (tertiary/aromatic N) is 4. The van der Waals surface area contributed by atoms with Gasteiger partial charge < -0.3 is 18.3 Å². The molecule has 2 aromatic heterocycles. The number of hydrogen-bond donors (Lipinski definition) is 0. The summed E-state index contributed by atoms with van der Waals surface area (Å²) in [7, 11) is 0. The molecule has 0 aliphatic carbocycles. The number of rotatable bonds is 10. The van der Waals surface area contributed by atoms with E-state index in [1.54, 1.807) is 0 Å². The average Bonchev–Trinajstić information content (AvgIpc) is 3.40. The third kappa shape index (κ3) is 4.63. The molecule has 0 atom stereocenters. The summed E-state index contributed by atoms with van der Waals surface area (Å²) in [5.41, 5.74) is 7.60. The molecule has 0 amide bonds. The van der Waals surface area contributed by atoms with Gasteiger partial charge in [-0.3, -0.25) is 0 Å². The van der Waals surface area contributed by atoms with E-state index in [0.29, 0.717) is 0 Å². The highest BCUT2D eigenvalue weighted by Crippen LogP contribution is 2.16. The Labute approximate surface area is 202 Å². The number of unbranched alkanes of at least 4 members (excludes halogenated alkanes) is 2. The second kappa shape index (κ2) is 10.3. The average molecular weight is 451 g/mol. The molecule has 0 N–H and O–H groups in total. The zero-order chi connectivity index (χ0) is 23.3. The van der Waals surface area contributed by atoms with Crippen molar-refractivity contribution in [1.82, 2.24) is 9.13 Å². The van der Waals surface area contributed by atoms with Crippen LogP contribution in [0, 0.1) is 12.7 Å². The highest BCUT2D eigenvalue weighted by atomic mass is 15.1. The van der Waals surface area contributed by atoms with E-state index < -0.39 is 0 Å². The van der Waals surface area contributed by atoms with E-state index in [9.17, 15) is 0 Å². The Morgan fingerprint density at radius 2 is 1.32 bits per heavy atom. The van der Waals surface area contributed by atoms with Crippen molar-refractivity contribution in [3.8, 4) is 0 Å². The summed E-state index contributed by atoms with van der Waals surface area (Å²) in [4.78, 5) is 0. The Morgan fingerprint density at radius 1 is 0.676 bits per heavy atom. The minimum Gasteiger partial charge on any atom is -0.344 e. The first-order valence-electron chi connectivity index (χ1n) is 12.7. The number of aryl methyl sites for hydroxylation is 2. The molecular weight excluding hydrogens is 416 g/mol. The highest BCUT2D eigenvalue weighted by Gasteiger charge is 2.10. The van der Waals surface area contributed by atoms with E-state index >= 15 is 0 Å². The number of hydrogen-bond acceptors (Lipinski definition) is 0. The molecule has 0 unspecified atom stereocenters. The zero-order valence-corrected chi connectivity index (χ0v) is 20.4. The van der Waals surface area contributed by atoms with Crippen molar-refractivity contribution in [2.45, 2.75) is 65.7 Å². The lowest BCUT2D eigenvalue weighted by Crippen LogP contribution is -2.33. The summed E-state index contributed by atoms with van der Waals surface area (Å²) in [6.07, 6.45) is 11.9. The van der Waals surface area contributed by atoms with E-state index in [-0.39, 0.29) is 0 Å². The minimum absolute atomic E-state index is 0.820. The van der Waals surface area contributed by atoms with Gasteiger partial charge in [-0.25, -0.2) is 0 Å². The normalized spacial score (nSPS) is 11.6. The van der Waals surface area contributed by atoms with Crippen LogP contribution in [0.15, 0.2) is 72.8 Å². The number of para-hydroxylation sites is 4. The van der Waals surface area contributed by atoms with Crippen LogP contribution in [0.1, 0.15) is 50.7 Å². The van der Waals surface area contributed by atoms with E-state index in [1.807, 2.05) is 0 Å². The van der Waals surface area contributed by atoms with Crippen LogP contribution in [-0.4, -0.2) is 9.13 Å². The van der Waals surface area contributed by atoms with Crippen molar-refractivity contribution in [3.63, 3.8) is 0 Å². The molecule has 0 aliphatic rings. The summed E-state index contributed by atoms with van der Waals surface area (Å²) in [5, 5.41) is 0. The standard InChI is InChI=1S/C30H34N4/c1-3-5-18-31-23-33(29-16-9-7-14-27(29)31)21-25-12-11-13-26(20-25)22-34-24-32(19-6-4-2)28-15-8-10-17-30(28)34/h7-17,20H,3-6,18-19,21-22H2,1-2H3. The number of benzene rings is 3. The summed E-state index contributed by atoms with van der Waals surface area (Å²) >= 11 is 0. The summed E-state index contributed by atoms with van der Waals surface area (Å²) in [6, 6.07) is 26.2. The van der Waals surface area contributed by atoms with Crippen molar-refractivity contribution in [3.05, 3.63) is 96.6 Å². The quantitative estimate of drug-likeness (QED) is 0.198. The topological polar surface area (TPSA) is 17.6 Å². The van der Waals surface area contributed by atoms with Crippen molar-refractivity contribution in [2.75, 3.05) is 0 Å². The van der Waals surface area contributed by atoms with Crippen molar-refractivity contribution in [1.29, 1.82) is 0 Å². The molecule has 0 radical (unpaired) electrons. The molecule has 5 rings (SSSR count). The van der Waals surface area contributed by atoms with E-state index in [1.165, 1.54) is 58.9 Å². The predicted molar refractivity (Wildman–Crippen MR) is 136 cm³/mol. The van der Waals surface area contributed by atoms with Gasteiger partial charge in [-0.2, -0.15) is 0 Å². The Hall–Kier alpha value is -3.40. The van der Waals surface area contributed by atoms with Crippen molar-refractivity contribution < 1.29 is 9.13 Å². The molecule has 5 aromatic rings. The van der Waals surface area contributed by atoms with Gasteiger partial charge in [0.05, 0.1) is 26.2 Å². The van der Waals surface area contributed by atoms with Gasteiger partial charge in [0, 0.05) is 22.1 Å². The molecule has 0 saturated carbocycles. The molecule has 4 heteroatoms. The predicted octanol–water partition coefficient (Wildman–Crippen LogP) is 5.47. The molecule has 0 fully saturated rings. The maximum Gasteiger partial charge on any atom is 0.205 e. The van der Waals surface area contributed by atoms with E-state index in [4.69, 9.17) is 0 Å². The van der Waals surface area contributed by atoms with Crippen LogP contribution in [0.4, 0.5) is 0 Å². The lowest BCUT2D eigenvalue weighted by Gasteiger charge is -2.08. The van der Waals surface area contributed by atoms with Gasteiger partial charge in [0.25, 0.3) is 0 Å². The minimum atomic E-state index is 0.820. The van der Waals surface area contributed by atoms with Gasteiger partial charge >= 0.3 is 0 Å². The molecule has 0 spiro atoms. The van der Waals surface area contributed by atoms with Crippen LogP contribution in [0.2, 0.25) is 0 Å².